The van der Waals surface area contributed by atoms with Gasteiger partial charge >= 0.3 is 0 Å². The number of anilines is 1. The average Bonchev–Trinajstić information content (AvgIpc) is 2.37. The van der Waals surface area contributed by atoms with Crippen LogP contribution < -0.4 is 10.6 Å². The molecule has 1 aromatic carbocycles. The first kappa shape index (κ1) is 18.2. The van der Waals surface area contributed by atoms with Crippen LogP contribution in [0.3, 0.4) is 0 Å². The number of aryl methyl sites for hydroxylation is 2. The number of benzene rings is 1. The third kappa shape index (κ3) is 6.26. The SMILES string of the molecule is CC(=O)N[C@H](CCS(C)(=O)=O)C(=O)Nc1cc(C)ccc1C. The van der Waals surface area contributed by atoms with E-state index in [1.165, 1.54) is 6.92 Å². The van der Waals surface area contributed by atoms with Crippen molar-refractivity contribution in [3.63, 3.8) is 0 Å². The number of amides is 2. The van der Waals surface area contributed by atoms with Crippen LogP contribution in [-0.4, -0.2) is 38.3 Å². The molecule has 1 aromatic rings. The van der Waals surface area contributed by atoms with Crippen molar-refractivity contribution in [3.05, 3.63) is 29.3 Å². The molecule has 0 heterocycles. The molecule has 0 aliphatic rings. The molecule has 0 aromatic heterocycles. The Hall–Kier alpha value is -1.89. The lowest BCUT2D eigenvalue weighted by molar-refractivity contribution is -0.125. The summed E-state index contributed by atoms with van der Waals surface area (Å²) >= 11 is 0. The number of hydrogen-bond donors (Lipinski definition) is 2. The summed E-state index contributed by atoms with van der Waals surface area (Å²) in [5.74, 6) is -0.972. The van der Waals surface area contributed by atoms with E-state index >= 15 is 0 Å². The molecule has 0 saturated carbocycles. The van der Waals surface area contributed by atoms with Crippen LogP contribution in [0.4, 0.5) is 5.69 Å². The zero-order valence-electron chi connectivity index (χ0n) is 13.3. The van der Waals surface area contributed by atoms with E-state index in [2.05, 4.69) is 10.6 Å². The molecule has 0 spiro atoms. The number of sulfone groups is 1. The molecule has 1 atom stereocenters. The minimum absolute atomic E-state index is 0.0368. The molecule has 0 saturated heterocycles. The Morgan fingerprint density at radius 1 is 1.23 bits per heavy atom. The van der Waals surface area contributed by atoms with Gasteiger partial charge in [-0.05, 0) is 37.5 Å². The highest BCUT2D eigenvalue weighted by Crippen LogP contribution is 2.17. The molecule has 0 unspecified atom stereocenters. The second-order valence-electron chi connectivity index (χ2n) is 5.48. The van der Waals surface area contributed by atoms with Crippen molar-refractivity contribution in [2.45, 2.75) is 33.2 Å². The van der Waals surface area contributed by atoms with Gasteiger partial charge in [-0.15, -0.1) is 0 Å². The van der Waals surface area contributed by atoms with E-state index in [1.807, 2.05) is 32.0 Å². The Bertz CT molecular complexity index is 668. The topological polar surface area (TPSA) is 92.3 Å². The van der Waals surface area contributed by atoms with E-state index in [9.17, 15) is 18.0 Å². The summed E-state index contributed by atoms with van der Waals surface area (Å²) in [5, 5.41) is 5.24. The van der Waals surface area contributed by atoms with Gasteiger partial charge in [0, 0.05) is 18.9 Å². The Labute approximate surface area is 131 Å². The lowest BCUT2D eigenvalue weighted by atomic mass is 10.1. The number of rotatable bonds is 6. The smallest absolute Gasteiger partial charge is 0.246 e. The van der Waals surface area contributed by atoms with Crippen molar-refractivity contribution >= 4 is 27.3 Å². The maximum Gasteiger partial charge on any atom is 0.246 e. The molecule has 2 amide bonds. The van der Waals surface area contributed by atoms with Gasteiger partial charge in [-0.3, -0.25) is 9.59 Å². The fourth-order valence-electron chi connectivity index (χ4n) is 1.94. The fourth-order valence-corrected chi connectivity index (χ4v) is 2.60. The molecule has 0 bridgehead atoms. The standard InChI is InChI=1S/C15H22N2O4S/c1-10-5-6-11(2)14(9-10)17-15(19)13(16-12(3)18)7-8-22(4,20)21/h5-6,9,13H,7-8H2,1-4H3,(H,16,18)(H,17,19)/t13-/m1/s1. The van der Waals surface area contributed by atoms with E-state index in [1.54, 1.807) is 0 Å². The van der Waals surface area contributed by atoms with Gasteiger partial charge in [-0.25, -0.2) is 8.42 Å². The van der Waals surface area contributed by atoms with Gasteiger partial charge in [0.25, 0.3) is 0 Å². The van der Waals surface area contributed by atoms with Gasteiger partial charge in [0.15, 0.2) is 0 Å². The molecule has 0 radical (unpaired) electrons. The van der Waals surface area contributed by atoms with Crippen LogP contribution in [0, 0.1) is 13.8 Å². The minimum atomic E-state index is -3.21. The van der Waals surface area contributed by atoms with Crippen LogP contribution in [0.25, 0.3) is 0 Å². The van der Waals surface area contributed by atoms with Crippen molar-refractivity contribution in [2.75, 3.05) is 17.3 Å². The lowest BCUT2D eigenvalue weighted by Crippen LogP contribution is -2.44. The Balaban J connectivity index is 2.86. The predicted molar refractivity (Wildman–Crippen MR) is 86.5 cm³/mol. The summed E-state index contributed by atoms with van der Waals surface area (Å²) in [7, 11) is -3.21. The number of carbonyl (C=O) groups is 2. The van der Waals surface area contributed by atoms with Gasteiger partial charge in [-0.2, -0.15) is 0 Å². The zero-order chi connectivity index (χ0) is 16.9. The Morgan fingerprint density at radius 3 is 2.41 bits per heavy atom. The quantitative estimate of drug-likeness (QED) is 0.821. The van der Waals surface area contributed by atoms with Crippen LogP contribution in [0.5, 0.6) is 0 Å². The van der Waals surface area contributed by atoms with Crippen LogP contribution in [-0.2, 0) is 19.4 Å². The third-order valence-electron chi connectivity index (χ3n) is 3.12. The van der Waals surface area contributed by atoms with E-state index in [4.69, 9.17) is 0 Å². The van der Waals surface area contributed by atoms with Crippen LogP contribution >= 0.6 is 0 Å². The molecule has 0 fully saturated rings. The largest absolute Gasteiger partial charge is 0.345 e. The monoisotopic (exact) mass is 326 g/mol. The normalized spacial score (nSPS) is 12.5. The molecular formula is C15H22N2O4S. The predicted octanol–water partition coefficient (Wildman–Crippen LogP) is 1.18. The Kier molecular flexibility index (Phi) is 6.11. The second-order valence-corrected chi connectivity index (χ2v) is 7.74. The maximum absolute atomic E-state index is 12.3. The van der Waals surface area contributed by atoms with Crippen molar-refractivity contribution in [1.29, 1.82) is 0 Å². The zero-order valence-corrected chi connectivity index (χ0v) is 14.1. The summed E-state index contributed by atoms with van der Waals surface area (Å²) in [6, 6.07) is 4.76. The molecule has 2 N–H and O–H groups in total. The first-order chi connectivity index (χ1) is 10.1. The Morgan fingerprint density at radius 2 is 1.86 bits per heavy atom. The van der Waals surface area contributed by atoms with Gasteiger partial charge in [-0.1, -0.05) is 12.1 Å². The fraction of sp³-hybridized carbons (Fsp3) is 0.467. The highest BCUT2D eigenvalue weighted by atomic mass is 32.2. The molecule has 22 heavy (non-hydrogen) atoms. The van der Waals surface area contributed by atoms with E-state index in [0.717, 1.165) is 17.4 Å². The van der Waals surface area contributed by atoms with Crippen LogP contribution in [0.2, 0.25) is 0 Å². The van der Waals surface area contributed by atoms with Gasteiger partial charge in [0.1, 0.15) is 15.9 Å². The molecule has 122 valence electrons. The second kappa shape index (κ2) is 7.40. The summed E-state index contributed by atoms with van der Waals surface area (Å²) in [4.78, 5) is 23.5. The summed E-state index contributed by atoms with van der Waals surface area (Å²) in [5.41, 5.74) is 2.54. The summed E-state index contributed by atoms with van der Waals surface area (Å²) in [6.45, 7) is 5.06. The maximum atomic E-state index is 12.3. The van der Waals surface area contributed by atoms with E-state index in [0.29, 0.717) is 5.69 Å². The van der Waals surface area contributed by atoms with Crippen LogP contribution in [0.15, 0.2) is 18.2 Å². The van der Waals surface area contributed by atoms with Gasteiger partial charge in [0.2, 0.25) is 11.8 Å². The molecule has 0 aliphatic carbocycles. The molecule has 1 rings (SSSR count). The summed E-state index contributed by atoms with van der Waals surface area (Å²) in [6.07, 6.45) is 1.13. The van der Waals surface area contributed by atoms with Gasteiger partial charge < -0.3 is 10.6 Å². The van der Waals surface area contributed by atoms with Crippen molar-refractivity contribution < 1.29 is 18.0 Å². The van der Waals surface area contributed by atoms with Crippen molar-refractivity contribution in [2.24, 2.45) is 0 Å². The molecule has 6 nitrogen and oxygen atoms in total. The number of carbonyl (C=O) groups excluding carboxylic acids is 2. The third-order valence-corrected chi connectivity index (χ3v) is 4.10. The highest BCUT2D eigenvalue weighted by molar-refractivity contribution is 7.90. The lowest BCUT2D eigenvalue weighted by Gasteiger charge is -2.18. The molecule has 0 aliphatic heterocycles. The highest BCUT2D eigenvalue weighted by Gasteiger charge is 2.21. The average molecular weight is 326 g/mol. The molecule has 7 heteroatoms. The first-order valence-electron chi connectivity index (χ1n) is 6.91. The molecular weight excluding hydrogens is 304 g/mol. The van der Waals surface area contributed by atoms with E-state index < -0.39 is 21.8 Å². The minimum Gasteiger partial charge on any atom is -0.345 e. The van der Waals surface area contributed by atoms with Crippen molar-refractivity contribution in [3.8, 4) is 0 Å². The van der Waals surface area contributed by atoms with Crippen molar-refractivity contribution in [1.82, 2.24) is 5.32 Å². The van der Waals surface area contributed by atoms with Gasteiger partial charge in [0.05, 0.1) is 5.75 Å². The number of hydrogen-bond acceptors (Lipinski definition) is 4. The van der Waals surface area contributed by atoms with E-state index in [-0.39, 0.29) is 18.1 Å². The number of nitrogens with one attached hydrogen (secondary N) is 2. The summed E-state index contributed by atoms with van der Waals surface area (Å²) < 4.78 is 22.5. The first-order valence-corrected chi connectivity index (χ1v) is 8.97. The van der Waals surface area contributed by atoms with Crippen LogP contribution in [0.1, 0.15) is 24.5 Å².